The van der Waals surface area contributed by atoms with Gasteiger partial charge in [-0.2, -0.15) is 13.2 Å². The van der Waals surface area contributed by atoms with E-state index in [1.54, 1.807) is 19.9 Å². The van der Waals surface area contributed by atoms with Crippen LogP contribution < -0.4 is 0 Å². The van der Waals surface area contributed by atoms with Crippen LogP contribution in [0.25, 0.3) is 0 Å². The number of alkyl halides is 3. The molecule has 0 unspecified atom stereocenters. The fourth-order valence-corrected chi connectivity index (χ4v) is 2.59. The van der Waals surface area contributed by atoms with E-state index >= 15 is 0 Å². The molecule has 2 atom stereocenters. The molecular weight excluding hydrogens is 311 g/mol. The minimum Gasteiger partial charge on any atom is -0.376 e. The van der Waals surface area contributed by atoms with Crippen LogP contribution in [0.15, 0.2) is 24.3 Å². The van der Waals surface area contributed by atoms with Crippen molar-refractivity contribution in [3.8, 4) is 0 Å². The fraction of sp³-hybridized carbons (Fsp3) is 0.562. The van der Waals surface area contributed by atoms with Crippen molar-refractivity contribution in [1.29, 1.82) is 0 Å². The quantitative estimate of drug-likeness (QED) is 0.851. The van der Waals surface area contributed by atoms with Crippen molar-refractivity contribution >= 4 is 5.91 Å². The summed E-state index contributed by atoms with van der Waals surface area (Å²) in [7, 11) is 0. The molecule has 0 spiro atoms. The van der Waals surface area contributed by atoms with Gasteiger partial charge in [-0.15, -0.1) is 0 Å². The molecule has 2 rings (SSSR count). The van der Waals surface area contributed by atoms with Gasteiger partial charge in [0.15, 0.2) is 6.10 Å². The molecule has 1 heterocycles. The molecule has 0 aliphatic carbocycles. The van der Waals surface area contributed by atoms with Crippen LogP contribution in [0, 0.1) is 0 Å². The van der Waals surface area contributed by atoms with Gasteiger partial charge in [0.05, 0.1) is 31.4 Å². The van der Waals surface area contributed by atoms with E-state index in [1.165, 1.54) is 11.0 Å². The van der Waals surface area contributed by atoms with Gasteiger partial charge in [0, 0.05) is 6.54 Å². The zero-order valence-corrected chi connectivity index (χ0v) is 13.1. The number of hydrogen-bond acceptors (Lipinski definition) is 3. The van der Waals surface area contributed by atoms with Gasteiger partial charge in [-0.1, -0.05) is 12.1 Å². The van der Waals surface area contributed by atoms with Gasteiger partial charge in [0.25, 0.3) is 5.91 Å². The number of benzene rings is 1. The Hall–Kier alpha value is -1.60. The predicted molar refractivity (Wildman–Crippen MR) is 77.8 cm³/mol. The molecule has 0 aromatic heterocycles. The second kappa shape index (κ2) is 7.31. The summed E-state index contributed by atoms with van der Waals surface area (Å²) in [5, 5.41) is 0. The van der Waals surface area contributed by atoms with Gasteiger partial charge in [-0.25, -0.2) is 0 Å². The van der Waals surface area contributed by atoms with Gasteiger partial charge in [0.2, 0.25) is 0 Å². The van der Waals surface area contributed by atoms with E-state index in [0.717, 1.165) is 12.1 Å². The Bertz CT molecular complexity index is 542. The van der Waals surface area contributed by atoms with Crippen LogP contribution in [0.4, 0.5) is 13.2 Å². The molecule has 23 heavy (non-hydrogen) atoms. The lowest BCUT2D eigenvalue weighted by atomic mass is 10.0. The van der Waals surface area contributed by atoms with Gasteiger partial charge in [0.1, 0.15) is 0 Å². The van der Waals surface area contributed by atoms with Gasteiger partial charge in [-0.05, 0) is 31.5 Å². The SMILES string of the molecule is CCN(C(=O)[C@H]1COCCO1)[C@H](C)c1cccc(C(F)(F)F)c1. The first kappa shape index (κ1) is 17.7. The maximum absolute atomic E-state index is 12.8. The highest BCUT2D eigenvalue weighted by Crippen LogP contribution is 2.32. The van der Waals surface area contributed by atoms with Crippen molar-refractivity contribution in [2.45, 2.75) is 32.2 Å². The summed E-state index contributed by atoms with van der Waals surface area (Å²) < 4.78 is 49.2. The molecule has 1 saturated heterocycles. The second-order valence-corrected chi connectivity index (χ2v) is 5.36. The maximum Gasteiger partial charge on any atom is 0.416 e. The van der Waals surface area contributed by atoms with Crippen molar-refractivity contribution in [3.05, 3.63) is 35.4 Å². The Morgan fingerprint density at radius 3 is 2.70 bits per heavy atom. The maximum atomic E-state index is 12.8. The number of hydrogen-bond donors (Lipinski definition) is 0. The van der Waals surface area contributed by atoms with Crippen LogP contribution in [-0.4, -0.2) is 43.3 Å². The molecule has 1 aromatic carbocycles. The average molecular weight is 331 g/mol. The van der Waals surface area contributed by atoms with Crippen molar-refractivity contribution in [2.24, 2.45) is 0 Å². The van der Waals surface area contributed by atoms with E-state index in [2.05, 4.69) is 0 Å². The average Bonchev–Trinajstić information content (AvgIpc) is 2.55. The van der Waals surface area contributed by atoms with Gasteiger partial charge in [-0.3, -0.25) is 4.79 Å². The number of likely N-dealkylation sites (N-methyl/N-ethyl adjacent to an activating group) is 1. The Morgan fingerprint density at radius 1 is 1.39 bits per heavy atom. The number of halogens is 3. The van der Waals surface area contributed by atoms with Crippen LogP contribution in [0.5, 0.6) is 0 Å². The van der Waals surface area contributed by atoms with Crippen molar-refractivity contribution in [3.63, 3.8) is 0 Å². The summed E-state index contributed by atoms with van der Waals surface area (Å²) in [5.74, 6) is -0.267. The summed E-state index contributed by atoms with van der Waals surface area (Å²) in [6.45, 7) is 4.82. The van der Waals surface area contributed by atoms with Gasteiger partial charge >= 0.3 is 6.18 Å². The minimum atomic E-state index is -4.41. The Morgan fingerprint density at radius 2 is 2.13 bits per heavy atom. The van der Waals surface area contributed by atoms with Crippen LogP contribution >= 0.6 is 0 Å². The molecule has 4 nitrogen and oxygen atoms in total. The number of rotatable bonds is 4. The molecule has 7 heteroatoms. The van der Waals surface area contributed by atoms with Crippen molar-refractivity contribution < 1.29 is 27.4 Å². The highest BCUT2D eigenvalue weighted by Gasteiger charge is 2.33. The van der Waals surface area contributed by atoms with Crippen LogP contribution in [0.1, 0.15) is 31.0 Å². The van der Waals surface area contributed by atoms with E-state index in [9.17, 15) is 18.0 Å². The van der Waals surface area contributed by atoms with Crippen LogP contribution in [0.3, 0.4) is 0 Å². The molecule has 0 radical (unpaired) electrons. The lowest BCUT2D eigenvalue weighted by Gasteiger charge is -2.33. The second-order valence-electron chi connectivity index (χ2n) is 5.36. The van der Waals surface area contributed by atoms with E-state index in [1.807, 2.05) is 0 Å². The number of carbonyl (C=O) groups is 1. The Balaban J connectivity index is 2.19. The van der Waals surface area contributed by atoms with E-state index < -0.39 is 23.9 Å². The third-order valence-corrected chi connectivity index (χ3v) is 3.88. The largest absolute Gasteiger partial charge is 0.416 e. The number of nitrogens with zero attached hydrogens (tertiary/aromatic N) is 1. The van der Waals surface area contributed by atoms with Crippen molar-refractivity contribution in [1.82, 2.24) is 4.90 Å². The molecule has 1 fully saturated rings. The molecule has 0 N–H and O–H groups in total. The van der Waals surface area contributed by atoms with Crippen LogP contribution in [-0.2, 0) is 20.4 Å². The molecule has 0 bridgehead atoms. The summed E-state index contributed by atoms with van der Waals surface area (Å²) in [6.07, 6.45) is -5.10. The summed E-state index contributed by atoms with van der Waals surface area (Å²) in [6, 6.07) is 4.56. The standard InChI is InChI=1S/C16H20F3NO3/c1-3-20(15(21)14-10-22-7-8-23-14)11(2)12-5-4-6-13(9-12)16(17,18)19/h4-6,9,11,14H,3,7-8,10H2,1-2H3/t11-,14-/m1/s1. The number of carbonyl (C=O) groups excluding carboxylic acids is 1. The molecule has 1 aromatic rings. The monoisotopic (exact) mass is 331 g/mol. The topological polar surface area (TPSA) is 38.8 Å². The summed E-state index contributed by atoms with van der Waals surface area (Å²) >= 11 is 0. The van der Waals surface area contributed by atoms with E-state index in [-0.39, 0.29) is 12.5 Å². The van der Waals surface area contributed by atoms with Gasteiger partial charge < -0.3 is 14.4 Å². The fourth-order valence-electron chi connectivity index (χ4n) is 2.59. The first-order valence-corrected chi connectivity index (χ1v) is 7.51. The molecule has 1 amide bonds. The van der Waals surface area contributed by atoms with E-state index in [0.29, 0.717) is 25.3 Å². The Kier molecular flexibility index (Phi) is 5.64. The molecular formula is C16H20F3NO3. The number of amides is 1. The lowest BCUT2D eigenvalue weighted by Crippen LogP contribution is -2.46. The van der Waals surface area contributed by atoms with Crippen molar-refractivity contribution in [2.75, 3.05) is 26.4 Å². The predicted octanol–water partition coefficient (Wildman–Crippen LogP) is 3.03. The highest BCUT2D eigenvalue weighted by atomic mass is 19.4. The molecule has 1 aliphatic rings. The van der Waals surface area contributed by atoms with Crippen LogP contribution in [0.2, 0.25) is 0 Å². The lowest BCUT2D eigenvalue weighted by molar-refractivity contribution is -0.159. The third kappa shape index (κ3) is 4.23. The summed E-state index contributed by atoms with van der Waals surface area (Å²) in [5.41, 5.74) is -0.283. The third-order valence-electron chi connectivity index (χ3n) is 3.88. The zero-order chi connectivity index (χ0) is 17.0. The Labute approximate surface area is 133 Å². The number of ether oxygens (including phenoxy) is 2. The smallest absolute Gasteiger partial charge is 0.376 e. The first-order chi connectivity index (χ1) is 10.8. The molecule has 0 saturated carbocycles. The molecule has 1 aliphatic heterocycles. The minimum absolute atomic E-state index is 0.171. The molecule has 128 valence electrons. The highest BCUT2D eigenvalue weighted by molar-refractivity contribution is 5.81. The zero-order valence-electron chi connectivity index (χ0n) is 13.1. The summed E-state index contributed by atoms with van der Waals surface area (Å²) in [4.78, 5) is 14.0. The van der Waals surface area contributed by atoms with E-state index in [4.69, 9.17) is 9.47 Å². The normalized spacial score (nSPS) is 20.1. The first-order valence-electron chi connectivity index (χ1n) is 7.51.